The lowest BCUT2D eigenvalue weighted by molar-refractivity contribution is 0.297. The van der Waals surface area contributed by atoms with E-state index >= 15 is 0 Å². The Bertz CT molecular complexity index is 542. The molecule has 2 rings (SSSR count). The molecule has 0 aliphatic carbocycles. The number of hydrogen-bond acceptors (Lipinski definition) is 2. The molecule has 0 spiro atoms. The fraction of sp³-hybridized carbons (Fsp3) is 0.421. The maximum Gasteiger partial charge on any atom is 0.122 e. The zero-order chi connectivity index (χ0) is 15.2. The van der Waals surface area contributed by atoms with Gasteiger partial charge >= 0.3 is 0 Å². The Hall–Kier alpha value is -1.76. The lowest BCUT2D eigenvalue weighted by Gasteiger charge is -2.18. The first kappa shape index (κ1) is 15.6. The molecule has 0 radical (unpaired) electrons. The molecule has 0 saturated carbocycles. The number of rotatable bonds is 6. The van der Waals surface area contributed by atoms with E-state index in [4.69, 9.17) is 4.74 Å². The summed E-state index contributed by atoms with van der Waals surface area (Å²) >= 11 is 0. The average Bonchev–Trinajstić information content (AvgIpc) is 2.85. The first-order chi connectivity index (χ1) is 10.2. The monoisotopic (exact) mass is 283 g/mol. The van der Waals surface area contributed by atoms with Crippen LogP contribution in [-0.2, 0) is 0 Å². The summed E-state index contributed by atoms with van der Waals surface area (Å²) in [5, 5.41) is 0. The Morgan fingerprint density at radius 2 is 2.29 bits per heavy atom. The van der Waals surface area contributed by atoms with Gasteiger partial charge in [-0.3, -0.25) is 4.90 Å². The molecule has 0 N–H and O–H groups in total. The summed E-state index contributed by atoms with van der Waals surface area (Å²) in [6, 6.07) is 7.17. The van der Waals surface area contributed by atoms with Gasteiger partial charge in [-0.05, 0) is 49.5 Å². The fourth-order valence-electron chi connectivity index (χ4n) is 3.01. The van der Waals surface area contributed by atoms with Crippen molar-refractivity contribution >= 4 is 0 Å². The molecule has 1 saturated heterocycles. The quantitative estimate of drug-likeness (QED) is 0.576. The van der Waals surface area contributed by atoms with Gasteiger partial charge in [-0.1, -0.05) is 31.4 Å². The van der Waals surface area contributed by atoms with E-state index in [0.717, 1.165) is 18.8 Å². The molecule has 1 heterocycles. The van der Waals surface area contributed by atoms with Gasteiger partial charge in [0.1, 0.15) is 12.4 Å². The molecule has 0 amide bonds. The van der Waals surface area contributed by atoms with E-state index in [-0.39, 0.29) is 0 Å². The normalized spacial score (nSPS) is 21.8. The van der Waals surface area contributed by atoms with Gasteiger partial charge in [-0.15, -0.1) is 5.73 Å². The third kappa shape index (κ3) is 3.87. The van der Waals surface area contributed by atoms with Crippen LogP contribution in [0, 0.1) is 6.92 Å². The molecule has 2 unspecified atom stereocenters. The topological polar surface area (TPSA) is 12.5 Å². The molecule has 1 aromatic rings. The third-order valence-electron chi connectivity index (χ3n) is 4.20. The van der Waals surface area contributed by atoms with E-state index in [0.29, 0.717) is 18.6 Å². The van der Waals surface area contributed by atoms with Gasteiger partial charge in [0, 0.05) is 19.1 Å². The number of benzene rings is 1. The summed E-state index contributed by atoms with van der Waals surface area (Å²) in [7, 11) is 0. The number of aryl methyl sites for hydroxylation is 1. The van der Waals surface area contributed by atoms with Gasteiger partial charge in [-0.2, -0.15) is 0 Å². The van der Waals surface area contributed by atoms with Gasteiger partial charge < -0.3 is 4.74 Å². The van der Waals surface area contributed by atoms with Crippen LogP contribution in [-0.4, -0.2) is 30.6 Å². The summed E-state index contributed by atoms with van der Waals surface area (Å²) in [6.45, 7) is 14.3. The second-order valence-corrected chi connectivity index (χ2v) is 5.77. The zero-order valence-corrected chi connectivity index (χ0v) is 13.1. The van der Waals surface area contributed by atoms with Gasteiger partial charge in [0.15, 0.2) is 0 Å². The second kappa shape index (κ2) is 7.31. The Balaban J connectivity index is 2.07. The van der Waals surface area contributed by atoms with Gasteiger partial charge in [0.2, 0.25) is 0 Å². The van der Waals surface area contributed by atoms with E-state index in [1.165, 1.54) is 17.5 Å². The summed E-state index contributed by atoms with van der Waals surface area (Å²) < 4.78 is 5.65. The zero-order valence-electron chi connectivity index (χ0n) is 13.1. The first-order valence-electron chi connectivity index (χ1n) is 7.58. The lowest BCUT2D eigenvalue weighted by atomic mass is 9.95. The Morgan fingerprint density at radius 3 is 2.95 bits per heavy atom. The Morgan fingerprint density at radius 1 is 1.48 bits per heavy atom. The van der Waals surface area contributed by atoms with Crippen molar-refractivity contribution in [2.24, 2.45) is 0 Å². The van der Waals surface area contributed by atoms with Crippen LogP contribution in [0.25, 0.3) is 0 Å². The smallest absolute Gasteiger partial charge is 0.122 e. The first-order valence-corrected chi connectivity index (χ1v) is 7.58. The molecule has 1 aliphatic rings. The Labute approximate surface area is 128 Å². The summed E-state index contributed by atoms with van der Waals surface area (Å²) in [6.07, 6.45) is 4.99. The molecule has 21 heavy (non-hydrogen) atoms. The Kier molecular flexibility index (Phi) is 5.44. The summed E-state index contributed by atoms with van der Waals surface area (Å²) in [4.78, 5) is 2.49. The van der Waals surface area contributed by atoms with Crippen LogP contribution in [0.4, 0.5) is 0 Å². The van der Waals surface area contributed by atoms with Crippen molar-refractivity contribution in [3.8, 4) is 5.75 Å². The van der Waals surface area contributed by atoms with Crippen molar-refractivity contribution in [1.29, 1.82) is 0 Å². The van der Waals surface area contributed by atoms with Gasteiger partial charge in [0.05, 0.1) is 0 Å². The lowest BCUT2D eigenvalue weighted by Crippen LogP contribution is -2.27. The SMILES string of the molecule is C=C=CCN1CC(c2ccc(OCC=C)c(C)c2)CC1C. The minimum absolute atomic E-state index is 0.558. The van der Waals surface area contributed by atoms with E-state index in [1.807, 2.05) is 6.08 Å². The van der Waals surface area contributed by atoms with Crippen LogP contribution in [0.2, 0.25) is 0 Å². The number of ether oxygens (including phenoxy) is 1. The molecule has 2 heteroatoms. The molecular weight excluding hydrogens is 258 g/mol. The second-order valence-electron chi connectivity index (χ2n) is 5.77. The van der Waals surface area contributed by atoms with Crippen molar-refractivity contribution in [2.75, 3.05) is 19.7 Å². The maximum absolute atomic E-state index is 5.65. The summed E-state index contributed by atoms with van der Waals surface area (Å²) in [5.41, 5.74) is 5.48. The van der Waals surface area contributed by atoms with E-state index in [2.05, 4.69) is 55.8 Å². The van der Waals surface area contributed by atoms with Crippen LogP contribution >= 0.6 is 0 Å². The van der Waals surface area contributed by atoms with Crippen molar-refractivity contribution in [3.63, 3.8) is 0 Å². The minimum atomic E-state index is 0.558. The number of nitrogens with zero attached hydrogens (tertiary/aromatic N) is 1. The summed E-state index contributed by atoms with van der Waals surface area (Å²) in [5.74, 6) is 1.56. The highest BCUT2D eigenvalue weighted by molar-refractivity contribution is 5.38. The highest BCUT2D eigenvalue weighted by Crippen LogP contribution is 2.33. The largest absolute Gasteiger partial charge is 0.489 e. The van der Waals surface area contributed by atoms with Crippen LogP contribution in [0.3, 0.4) is 0 Å². The molecule has 1 aromatic carbocycles. The molecule has 1 fully saturated rings. The van der Waals surface area contributed by atoms with Crippen LogP contribution < -0.4 is 4.74 Å². The standard InChI is InChI=1S/C19H25NO/c1-5-7-10-20-14-18(13-16(20)4)17-8-9-19(15(3)12-17)21-11-6-2/h6-9,12,16,18H,1-2,10-11,13-14H2,3-4H3. The molecule has 2 atom stereocenters. The fourth-order valence-corrected chi connectivity index (χ4v) is 3.01. The van der Waals surface area contributed by atoms with Crippen molar-refractivity contribution in [1.82, 2.24) is 4.90 Å². The third-order valence-corrected chi connectivity index (χ3v) is 4.20. The van der Waals surface area contributed by atoms with Gasteiger partial charge in [-0.25, -0.2) is 0 Å². The number of hydrogen-bond donors (Lipinski definition) is 0. The average molecular weight is 283 g/mol. The van der Waals surface area contributed by atoms with Crippen LogP contribution in [0.5, 0.6) is 5.75 Å². The molecule has 2 nitrogen and oxygen atoms in total. The molecule has 0 bridgehead atoms. The molecule has 112 valence electrons. The van der Waals surface area contributed by atoms with E-state index < -0.39 is 0 Å². The number of likely N-dealkylation sites (tertiary alicyclic amines) is 1. The maximum atomic E-state index is 5.65. The van der Waals surface area contributed by atoms with Crippen molar-refractivity contribution < 1.29 is 4.74 Å². The minimum Gasteiger partial charge on any atom is -0.489 e. The molecule has 1 aliphatic heterocycles. The van der Waals surface area contributed by atoms with Gasteiger partial charge in [0.25, 0.3) is 0 Å². The van der Waals surface area contributed by atoms with Crippen LogP contribution in [0.15, 0.2) is 49.2 Å². The van der Waals surface area contributed by atoms with E-state index in [1.54, 1.807) is 6.08 Å². The van der Waals surface area contributed by atoms with Crippen molar-refractivity contribution in [3.05, 3.63) is 60.4 Å². The van der Waals surface area contributed by atoms with Crippen LogP contribution in [0.1, 0.15) is 30.4 Å². The highest BCUT2D eigenvalue weighted by Gasteiger charge is 2.29. The van der Waals surface area contributed by atoms with E-state index in [9.17, 15) is 0 Å². The predicted octanol–water partition coefficient (Wildman–Crippen LogP) is 4.08. The van der Waals surface area contributed by atoms with Crippen molar-refractivity contribution in [2.45, 2.75) is 32.2 Å². The molecule has 0 aromatic heterocycles. The highest BCUT2D eigenvalue weighted by atomic mass is 16.5. The predicted molar refractivity (Wildman–Crippen MR) is 89.0 cm³/mol. The molecular formula is C19H25NO.